The smallest absolute Gasteiger partial charge is 0.251 e. The molecule has 0 aliphatic carbocycles. The fourth-order valence-corrected chi connectivity index (χ4v) is 3.43. The van der Waals surface area contributed by atoms with Crippen LogP contribution in [-0.4, -0.2) is 52.3 Å². The molecular formula is C20H27N5O4. The van der Waals surface area contributed by atoms with E-state index in [9.17, 15) is 14.4 Å². The molecule has 2 amide bonds. The van der Waals surface area contributed by atoms with Crippen LogP contribution in [0.3, 0.4) is 0 Å². The van der Waals surface area contributed by atoms with E-state index >= 15 is 0 Å². The largest absolute Gasteiger partial charge is 0.376 e. The molecule has 156 valence electrons. The SMILES string of the molecule is CCCc1cc(C(=O)NC[C@@H]2C[C@@H](NC(=O)Cc3ccn[nH]3)CCO2)cc(=O)[nH]1. The molecule has 1 aliphatic heterocycles. The van der Waals surface area contributed by atoms with Gasteiger partial charge in [-0.2, -0.15) is 5.10 Å². The van der Waals surface area contributed by atoms with Crippen LogP contribution in [0, 0.1) is 0 Å². The van der Waals surface area contributed by atoms with Gasteiger partial charge >= 0.3 is 0 Å². The number of nitrogens with zero attached hydrogens (tertiary/aromatic N) is 1. The summed E-state index contributed by atoms with van der Waals surface area (Å²) in [5, 5.41) is 12.4. The van der Waals surface area contributed by atoms with Crippen LogP contribution in [0.15, 0.2) is 29.2 Å². The second kappa shape index (κ2) is 10.0. The summed E-state index contributed by atoms with van der Waals surface area (Å²) >= 11 is 0. The van der Waals surface area contributed by atoms with E-state index < -0.39 is 0 Å². The van der Waals surface area contributed by atoms with E-state index in [1.54, 1.807) is 18.3 Å². The first kappa shape index (κ1) is 20.8. The molecule has 0 unspecified atom stereocenters. The number of ether oxygens (including phenoxy) is 1. The number of carbonyl (C=O) groups excluding carboxylic acids is 2. The molecule has 0 radical (unpaired) electrons. The maximum Gasteiger partial charge on any atom is 0.251 e. The van der Waals surface area contributed by atoms with E-state index in [2.05, 4.69) is 25.8 Å². The highest BCUT2D eigenvalue weighted by atomic mass is 16.5. The number of nitrogens with one attached hydrogen (secondary N) is 4. The van der Waals surface area contributed by atoms with Crippen molar-refractivity contribution in [3.05, 3.63) is 51.7 Å². The van der Waals surface area contributed by atoms with E-state index in [4.69, 9.17) is 4.74 Å². The van der Waals surface area contributed by atoms with Gasteiger partial charge in [0, 0.05) is 48.4 Å². The molecule has 1 aliphatic rings. The van der Waals surface area contributed by atoms with Crippen LogP contribution in [0.1, 0.15) is 47.9 Å². The lowest BCUT2D eigenvalue weighted by molar-refractivity contribution is -0.122. The highest BCUT2D eigenvalue weighted by Gasteiger charge is 2.24. The summed E-state index contributed by atoms with van der Waals surface area (Å²) in [6, 6.07) is 4.77. The zero-order chi connectivity index (χ0) is 20.6. The number of amides is 2. The molecule has 2 aromatic rings. The third-order valence-electron chi connectivity index (χ3n) is 4.81. The number of rotatable bonds is 8. The van der Waals surface area contributed by atoms with Gasteiger partial charge in [0.2, 0.25) is 11.5 Å². The van der Waals surface area contributed by atoms with E-state index in [0.717, 1.165) is 24.2 Å². The van der Waals surface area contributed by atoms with Crippen LogP contribution in [0.5, 0.6) is 0 Å². The van der Waals surface area contributed by atoms with Gasteiger partial charge in [0.1, 0.15) is 0 Å². The fraction of sp³-hybridized carbons (Fsp3) is 0.500. The number of aromatic amines is 2. The minimum Gasteiger partial charge on any atom is -0.376 e. The van der Waals surface area contributed by atoms with Crippen molar-refractivity contribution in [3.63, 3.8) is 0 Å². The van der Waals surface area contributed by atoms with Gasteiger partial charge < -0.3 is 20.4 Å². The van der Waals surface area contributed by atoms with Crippen molar-refractivity contribution >= 4 is 11.8 Å². The Morgan fingerprint density at radius 1 is 1.31 bits per heavy atom. The summed E-state index contributed by atoms with van der Waals surface area (Å²) in [6.07, 6.45) is 4.61. The summed E-state index contributed by atoms with van der Waals surface area (Å²) < 4.78 is 5.72. The molecule has 3 rings (SSSR count). The number of H-pyrrole nitrogens is 2. The summed E-state index contributed by atoms with van der Waals surface area (Å²) in [5.41, 5.74) is 1.57. The van der Waals surface area contributed by atoms with Gasteiger partial charge in [-0.1, -0.05) is 13.3 Å². The third kappa shape index (κ3) is 6.28. The molecule has 0 aromatic carbocycles. The standard InChI is InChI=1S/C20H27N5O4/c1-2-3-14-8-13(9-18(26)23-14)20(28)21-12-17-10-15(5-7-29-17)24-19(27)11-16-4-6-22-25-16/h4,6,8-9,15,17H,2-3,5,7,10-12H2,1H3,(H,21,28)(H,22,25)(H,23,26)(H,24,27)/t15-,17-/m0/s1. The summed E-state index contributed by atoms with van der Waals surface area (Å²) in [6.45, 7) is 2.85. The zero-order valence-electron chi connectivity index (χ0n) is 16.5. The zero-order valence-corrected chi connectivity index (χ0v) is 16.5. The monoisotopic (exact) mass is 401 g/mol. The normalized spacial score (nSPS) is 18.9. The Labute approximate surface area is 168 Å². The van der Waals surface area contributed by atoms with Crippen molar-refractivity contribution < 1.29 is 14.3 Å². The lowest BCUT2D eigenvalue weighted by Gasteiger charge is -2.30. The fourth-order valence-electron chi connectivity index (χ4n) is 3.43. The first-order valence-corrected chi connectivity index (χ1v) is 9.94. The third-order valence-corrected chi connectivity index (χ3v) is 4.81. The molecule has 0 bridgehead atoms. The number of hydrogen-bond acceptors (Lipinski definition) is 5. The Morgan fingerprint density at radius 3 is 2.93 bits per heavy atom. The molecule has 2 aromatic heterocycles. The maximum absolute atomic E-state index is 12.4. The quantitative estimate of drug-likeness (QED) is 0.517. The number of aromatic nitrogens is 3. The van der Waals surface area contributed by atoms with Gasteiger partial charge in [0.05, 0.1) is 12.5 Å². The number of carbonyl (C=O) groups is 2. The van der Waals surface area contributed by atoms with E-state index in [-0.39, 0.29) is 35.9 Å². The summed E-state index contributed by atoms with van der Waals surface area (Å²) in [5.74, 6) is -0.377. The van der Waals surface area contributed by atoms with Crippen molar-refractivity contribution in [3.8, 4) is 0 Å². The minimum absolute atomic E-state index is 0.00296. The van der Waals surface area contributed by atoms with Gasteiger partial charge in [-0.15, -0.1) is 0 Å². The predicted octanol–water partition coefficient (Wildman–Crippen LogP) is 0.687. The average molecular weight is 401 g/mol. The molecule has 0 spiro atoms. The Kier molecular flexibility index (Phi) is 7.18. The van der Waals surface area contributed by atoms with Crippen molar-refractivity contribution in [2.75, 3.05) is 13.2 Å². The van der Waals surface area contributed by atoms with Crippen LogP contribution >= 0.6 is 0 Å². The lowest BCUT2D eigenvalue weighted by Crippen LogP contribution is -2.46. The topological polar surface area (TPSA) is 129 Å². The van der Waals surface area contributed by atoms with Crippen molar-refractivity contribution in [1.29, 1.82) is 0 Å². The van der Waals surface area contributed by atoms with Crippen molar-refractivity contribution in [2.24, 2.45) is 0 Å². The van der Waals surface area contributed by atoms with E-state index in [1.807, 2.05) is 6.92 Å². The van der Waals surface area contributed by atoms with Crippen LogP contribution < -0.4 is 16.2 Å². The molecular weight excluding hydrogens is 374 g/mol. The molecule has 9 nitrogen and oxygen atoms in total. The van der Waals surface area contributed by atoms with Crippen molar-refractivity contribution in [2.45, 2.75) is 51.2 Å². The van der Waals surface area contributed by atoms with E-state index in [0.29, 0.717) is 31.6 Å². The molecule has 29 heavy (non-hydrogen) atoms. The summed E-state index contributed by atoms with van der Waals surface area (Å²) in [7, 11) is 0. The van der Waals surface area contributed by atoms with Crippen LogP contribution in [0.2, 0.25) is 0 Å². The van der Waals surface area contributed by atoms with Gasteiger partial charge in [-0.05, 0) is 31.4 Å². The first-order valence-electron chi connectivity index (χ1n) is 9.94. The lowest BCUT2D eigenvalue weighted by atomic mass is 10.0. The second-order valence-corrected chi connectivity index (χ2v) is 7.26. The molecule has 4 N–H and O–H groups in total. The first-order chi connectivity index (χ1) is 14.0. The number of aryl methyl sites for hydroxylation is 1. The number of pyridine rings is 1. The van der Waals surface area contributed by atoms with Gasteiger partial charge in [-0.25, -0.2) is 0 Å². The Morgan fingerprint density at radius 2 is 2.17 bits per heavy atom. The second-order valence-electron chi connectivity index (χ2n) is 7.26. The maximum atomic E-state index is 12.4. The highest BCUT2D eigenvalue weighted by molar-refractivity contribution is 5.94. The van der Waals surface area contributed by atoms with Gasteiger partial charge in [0.25, 0.3) is 5.91 Å². The Bertz CT molecular complexity index is 877. The van der Waals surface area contributed by atoms with Crippen LogP contribution in [0.4, 0.5) is 0 Å². The van der Waals surface area contributed by atoms with Crippen molar-refractivity contribution in [1.82, 2.24) is 25.8 Å². The molecule has 1 fully saturated rings. The number of hydrogen-bond donors (Lipinski definition) is 4. The Hall–Kier alpha value is -2.94. The van der Waals surface area contributed by atoms with E-state index in [1.165, 1.54) is 6.07 Å². The minimum atomic E-state index is -0.303. The van der Waals surface area contributed by atoms with Gasteiger partial charge in [0.15, 0.2) is 0 Å². The van der Waals surface area contributed by atoms with Gasteiger partial charge in [-0.3, -0.25) is 19.5 Å². The average Bonchev–Trinajstić information content (AvgIpc) is 3.19. The summed E-state index contributed by atoms with van der Waals surface area (Å²) in [4.78, 5) is 39.1. The molecule has 9 heteroatoms. The molecule has 0 saturated carbocycles. The van der Waals surface area contributed by atoms with Crippen LogP contribution in [-0.2, 0) is 22.4 Å². The molecule has 3 heterocycles. The predicted molar refractivity (Wildman–Crippen MR) is 107 cm³/mol. The molecule has 1 saturated heterocycles. The highest BCUT2D eigenvalue weighted by Crippen LogP contribution is 2.14. The van der Waals surface area contributed by atoms with Crippen LogP contribution in [0.25, 0.3) is 0 Å². The Balaban J connectivity index is 1.48. The molecule has 2 atom stereocenters.